The molecule has 90 valence electrons. The lowest BCUT2D eigenvalue weighted by Gasteiger charge is -2.10. The Morgan fingerprint density at radius 1 is 1.40 bits per heavy atom. The molecule has 4 nitrogen and oxygen atoms in total. The van der Waals surface area contributed by atoms with Crippen molar-refractivity contribution in [2.75, 3.05) is 0 Å². The molecule has 1 rings (SSSR count). The fourth-order valence-corrected chi connectivity index (χ4v) is 1.35. The summed E-state index contributed by atoms with van der Waals surface area (Å²) < 4.78 is 4.85. The van der Waals surface area contributed by atoms with Gasteiger partial charge in [0.2, 0.25) is 5.89 Å². The summed E-state index contributed by atoms with van der Waals surface area (Å²) >= 11 is 0. The van der Waals surface area contributed by atoms with E-state index in [-0.39, 0.29) is 7.47 Å². The first-order chi connectivity index (χ1) is 7.08. The molecule has 0 fully saturated rings. The lowest BCUT2D eigenvalue weighted by Crippen LogP contribution is -2.25. The molecule has 0 aliphatic carbocycles. The summed E-state index contributed by atoms with van der Waals surface area (Å²) in [6.45, 7) is 10.1. The average Bonchev–Trinajstić information content (AvgIpc) is 2.53. The van der Waals surface area contributed by atoms with Crippen LogP contribution in [0.1, 0.15) is 47.3 Å². The van der Waals surface area contributed by atoms with Crippen LogP contribution in [0.2, 0.25) is 0 Å². The predicted molar refractivity (Wildman–Crippen MR) is 63.6 cm³/mol. The number of nitrogens with two attached hydrogens (primary N) is 1. The second kappa shape index (κ2) is 7.40. The summed E-state index contributed by atoms with van der Waals surface area (Å²) in [5.41, 5.74) is 5.89. The van der Waals surface area contributed by atoms with Gasteiger partial charge in [0.1, 0.15) is 0 Å². The number of hydrogen-bond donors (Lipinski definition) is 1. The zero-order chi connectivity index (χ0) is 11.8. The van der Waals surface area contributed by atoms with Crippen LogP contribution >= 0.6 is 0 Å². The third-order valence-corrected chi connectivity index (χ3v) is 1.79. The molecule has 4 heteroatoms. The van der Waals surface area contributed by atoms with Gasteiger partial charge in [0.25, 0.3) is 0 Å². The van der Waals surface area contributed by atoms with E-state index in [1.165, 1.54) is 0 Å². The third-order valence-electron chi connectivity index (χ3n) is 1.79. The lowest BCUT2D eigenvalue weighted by atomic mass is 10.0. The minimum Gasteiger partial charge on any atom is -0.340 e. The normalized spacial score (nSPS) is 12.2. The molecule has 0 aliphatic heterocycles. The Balaban J connectivity index is 0. The van der Waals surface area contributed by atoms with Crippen molar-refractivity contribution < 1.29 is 5.95 Å². The molecule has 0 saturated heterocycles. The standard InChI is InChI=1S/C9H17N3O.C2H6.H2/c1-6(2)4-8(10)5-9-11-7(3)13-12-9;1-2;/h6,8H,4-5,10H2,1-3H3;1-2H3;1H. The SMILES string of the molecule is CC.Cc1nc(CC(N)CC(C)C)no1.[HH]. The fraction of sp³-hybridized carbons (Fsp3) is 0.818. The Labute approximate surface area is 93.7 Å². The van der Waals surface area contributed by atoms with E-state index in [9.17, 15) is 0 Å². The zero-order valence-electron chi connectivity index (χ0n) is 10.4. The molecule has 0 spiro atoms. The van der Waals surface area contributed by atoms with Crippen LogP contribution in [0.25, 0.3) is 0 Å². The monoisotopic (exact) mass is 215 g/mol. The number of hydrogen-bond acceptors (Lipinski definition) is 4. The molecule has 0 aromatic carbocycles. The van der Waals surface area contributed by atoms with E-state index in [2.05, 4.69) is 24.0 Å². The van der Waals surface area contributed by atoms with Crippen molar-refractivity contribution in [1.82, 2.24) is 10.1 Å². The van der Waals surface area contributed by atoms with E-state index in [0.717, 1.165) is 6.42 Å². The maximum atomic E-state index is 5.89. The number of nitrogens with zero attached hydrogens (tertiary/aromatic N) is 2. The van der Waals surface area contributed by atoms with E-state index < -0.39 is 0 Å². The van der Waals surface area contributed by atoms with Crippen LogP contribution in [0.4, 0.5) is 0 Å². The molecule has 15 heavy (non-hydrogen) atoms. The second-order valence-electron chi connectivity index (χ2n) is 3.82. The Kier molecular flexibility index (Phi) is 6.96. The maximum absolute atomic E-state index is 5.89. The highest BCUT2D eigenvalue weighted by Crippen LogP contribution is 2.06. The van der Waals surface area contributed by atoms with E-state index in [4.69, 9.17) is 10.3 Å². The Morgan fingerprint density at radius 2 is 2.00 bits per heavy atom. The van der Waals surface area contributed by atoms with Crippen molar-refractivity contribution in [1.29, 1.82) is 0 Å². The molecule has 1 unspecified atom stereocenters. The van der Waals surface area contributed by atoms with Gasteiger partial charge in [0, 0.05) is 20.8 Å². The Morgan fingerprint density at radius 3 is 2.40 bits per heavy atom. The fourth-order valence-electron chi connectivity index (χ4n) is 1.35. The number of aromatic nitrogens is 2. The van der Waals surface area contributed by atoms with Crippen molar-refractivity contribution >= 4 is 0 Å². The predicted octanol–water partition coefficient (Wildman–Crippen LogP) is 2.57. The average molecular weight is 215 g/mol. The Hall–Kier alpha value is -0.900. The van der Waals surface area contributed by atoms with Gasteiger partial charge in [-0.2, -0.15) is 4.98 Å². The molecular weight excluding hydrogens is 190 g/mol. The van der Waals surface area contributed by atoms with Crippen molar-refractivity contribution in [3.8, 4) is 0 Å². The summed E-state index contributed by atoms with van der Waals surface area (Å²) in [6, 6.07) is 0.136. The van der Waals surface area contributed by atoms with Crippen molar-refractivity contribution in [2.45, 2.75) is 53.5 Å². The summed E-state index contributed by atoms with van der Waals surface area (Å²) in [5, 5.41) is 3.80. The molecule has 1 heterocycles. The first-order valence-corrected chi connectivity index (χ1v) is 5.62. The van der Waals surface area contributed by atoms with Crippen LogP contribution in [0.5, 0.6) is 0 Å². The summed E-state index contributed by atoms with van der Waals surface area (Å²) in [5.74, 6) is 1.93. The van der Waals surface area contributed by atoms with Gasteiger partial charge in [-0.25, -0.2) is 0 Å². The van der Waals surface area contributed by atoms with Gasteiger partial charge in [0.05, 0.1) is 0 Å². The minimum absolute atomic E-state index is 0. The van der Waals surface area contributed by atoms with Crippen molar-refractivity contribution in [3.05, 3.63) is 11.7 Å². The van der Waals surface area contributed by atoms with Gasteiger partial charge in [-0.15, -0.1) is 0 Å². The molecule has 0 aliphatic rings. The van der Waals surface area contributed by atoms with Gasteiger partial charge >= 0.3 is 0 Å². The first-order valence-electron chi connectivity index (χ1n) is 5.62. The largest absolute Gasteiger partial charge is 0.340 e. The first kappa shape index (κ1) is 14.1. The highest BCUT2D eigenvalue weighted by atomic mass is 16.5. The van der Waals surface area contributed by atoms with Crippen LogP contribution in [0.15, 0.2) is 4.52 Å². The molecule has 0 radical (unpaired) electrons. The second-order valence-corrected chi connectivity index (χ2v) is 3.82. The van der Waals surface area contributed by atoms with E-state index in [1.807, 2.05) is 13.8 Å². The van der Waals surface area contributed by atoms with Gasteiger partial charge < -0.3 is 10.3 Å². The lowest BCUT2D eigenvalue weighted by molar-refractivity contribution is 0.383. The molecule has 0 saturated carbocycles. The Bertz CT molecular complexity index is 263. The van der Waals surface area contributed by atoms with Gasteiger partial charge in [-0.1, -0.05) is 32.9 Å². The molecule has 0 bridgehead atoms. The third kappa shape index (κ3) is 6.23. The van der Waals surface area contributed by atoms with E-state index in [0.29, 0.717) is 24.1 Å². The van der Waals surface area contributed by atoms with E-state index in [1.54, 1.807) is 6.92 Å². The van der Waals surface area contributed by atoms with Gasteiger partial charge in [-0.05, 0) is 12.3 Å². The number of rotatable bonds is 4. The summed E-state index contributed by atoms with van der Waals surface area (Å²) in [4.78, 5) is 4.10. The van der Waals surface area contributed by atoms with Crippen LogP contribution in [-0.2, 0) is 6.42 Å². The molecular formula is C11H25N3O. The molecule has 1 atom stereocenters. The van der Waals surface area contributed by atoms with Gasteiger partial charge in [-0.3, -0.25) is 0 Å². The van der Waals surface area contributed by atoms with Crippen LogP contribution in [0, 0.1) is 12.8 Å². The van der Waals surface area contributed by atoms with Crippen molar-refractivity contribution in [3.63, 3.8) is 0 Å². The van der Waals surface area contributed by atoms with E-state index >= 15 is 0 Å². The van der Waals surface area contributed by atoms with Crippen LogP contribution in [0.3, 0.4) is 0 Å². The van der Waals surface area contributed by atoms with Crippen molar-refractivity contribution in [2.24, 2.45) is 11.7 Å². The highest BCUT2D eigenvalue weighted by molar-refractivity contribution is 4.87. The molecule has 1 aromatic heterocycles. The summed E-state index contributed by atoms with van der Waals surface area (Å²) in [7, 11) is 0. The van der Waals surface area contributed by atoms with Gasteiger partial charge in [0.15, 0.2) is 5.82 Å². The quantitative estimate of drug-likeness (QED) is 0.838. The molecule has 1 aromatic rings. The van der Waals surface area contributed by atoms with Crippen LogP contribution in [-0.4, -0.2) is 16.2 Å². The minimum atomic E-state index is 0. The molecule has 0 amide bonds. The highest BCUT2D eigenvalue weighted by Gasteiger charge is 2.10. The summed E-state index contributed by atoms with van der Waals surface area (Å²) in [6.07, 6.45) is 1.70. The van der Waals surface area contributed by atoms with Crippen LogP contribution < -0.4 is 5.73 Å². The topological polar surface area (TPSA) is 64.9 Å². The smallest absolute Gasteiger partial charge is 0.223 e. The number of aryl methyl sites for hydroxylation is 1. The maximum Gasteiger partial charge on any atom is 0.223 e. The molecule has 2 N–H and O–H groups in total. The zero-order valence-corrected chi connectivity index (χ0v) is 10.4.